The van der Waals surface area contributed by atoms with Gasteiger partial charge in [-0.05, 0) is 37.9 Å². The van der Waals surface area contributed by atoms with Gasteiger partial charge in [0, 0.05) is 5.56 Å². The van der Waals surface area contributed by atoms with Crippen molar-refractivity contribution in [2.45, 2.75) is 0 Å². The lowest BCUT2D eigenvalue weighted by atomic mass is 10.2. The number of hydrogen-bond acceptors (Lipinski definition) is 4. The SMILES string of the molecule is ON=Cc1cc(Br)c(O)c(Br)c1O. The molecule has 0 heterocycles. The number of hydrogen-bond donors (Lipinski definition) is 3. The fourth-order valence-electron chi connectivity index (χ4n) is 0.778. The second-order valence-corrected chi connectivity index (χ2v) is 3.85. The summed E-state index contributed by atoms with van der Waals surface area (Å²) in [6.45, 7) is 0. The molecule has 1 rings (SSSR count). The summed E-state index contributed by atoms with van der Waals surface area (Å²) in [5.74, 6) is -0.286. The van der Waals surface area contributed by atoms with Crippen LogP contribution in [0, 0.1) is 0 Å². The van der Waals surface area contributed by atoms with Gasteiger partial charge in [-0.2, -0.15) is 0 Å². The lowest BCUT2D eigenvalue weighted by Crippen LogP contribution is -1.85. The van der Waals surface area contributed by atoms with Crippen molar-refractivity contribution in [3.63, 3.8) is 0 Å². The third-order valence-corrected chi connectivity index (χ3v) is 2.75. The standard InChI is InChI=1S/C7H5Br2NO3/c8-4-1-3(2-10-13)6(11)5(9)7(4)12/h1-2,11-13H. The van der Waals surface area contributed by atoms with E-state index in [1.807, 2.05) is 0 Å². The molecule has 70 valence electrons. The molecule has 1 aromatic carbocycles. The Labute approximate surface area is 90.8 Å². The van der Waals surface area contributed by atoms with E-state index in [4.69, 9.17) is 5.21 Å². The van der Waals surface area contributed by atoms with Gasteiger partial charge in [0.15, 0.2) is 0 Å². The number of oxime groups is 1. The van der Waals surface area contributed by atoms with E-state index in [1.165, 1.54) is 6.07 Å². The zero-order valence-electron chi connectivity index (χ0n) is 6.20. The first-order valence-electron chi connectivity index (χ1n) is 3.15. The van der Waals surface area contributed by atoms with Gasteiger partial charge in [0.1, 0.15) is 16.0 Å². The molecule has 0 aliphatic carbocycles. The lowest BCUT2D eigenvalue weighted by molar-refractivity contribution is 0.321. The Morgan fingerprint density at radius 1 is 1.23 bits per heavy atom. The number of nitrogens with zero attached hydrogens (tertiary/aromatic N) is 1. The van der Waals surface area contributed by atoms with Crippen LogP contribution in [-0.2, 0) is 0 Å². The predicted molar refractivity (Wildman–Crippen MR) is 54.6 cm³/mol. The number of benzene rings is 1. The molecule has 13 heavy (non-hydrogen) atoms. The first-order valence-corrected chi connectivity index (χ1v) is 4.74. The minimum Gasteiger partial charge on any atom is -0.506 e. The van der Waals surface area contributed by atoms with E-state index in [0.29, 0.717) is 10.0 Å². The van der Waals surface area contributed by atoms with Gasteiger partial charge in [-0.25, -0.2) is 0 Å². The number of phenolic OH excluding ortho intramolecular Hbond substituents is 2. The molecule has 0 aliphatic rings. The zero-order valence-corrected chi connectivity index (χ0v) is 9.37. The van der Waals surface area contributed by atoms with Crippen LogP contribution in [0.4, 0.5) is 0 Å². The molecule has 0 saturated carbocycles. The van der Waals surface area contributed by atoms with E-state index in [1.54, 1.807) is 0 Å². The highest BCUT2D eigenvalue weighted by atomic mass is 79.9. The van der Waals surface area contributed by atoms with Crippen LogP contribution in [-0.4, -0.2) is 21.6 Å². The fraction of sp³-hybridized carbons (Fsp3) is 0. The summed E-state index contributed by atoms with van der Waals surface area (Å²) in [5.41, 5.74) is 0.291. The van der Waals surface area contributed by atoms with E-state index >= 15 is 0 Å². The Morgan fingerprint density at radius 3 is 2.38 bits per heavy atom. The molecule has 0 aliphatic heterocycles. The molecule has 0 fully saturated rings. The summed E-state index contributed by atoms with van der Waals surface area (Å²) in [7, 11) is 0. The number of rotatable bonds is 1. The van der Waals surface area contributed by atoms with E-state index in [2.05, 4.69) is 37.0 Å². The van der Waals surface area contributed by atoms with Gasteiger partial charge in [-0.15, -0.1) is 0 Å². The zero-order chi connectivity index (χ0) is 10.0. The van der Waals surface area contributed by atoms with Crippen LogP contribution in [0.1, 0.15) is 5.56 Å². The first-order chi connectivity index (χ1) is 6.07. The summed E-state index contributed by atoms with van der Waals surface area (Å²) in [6, 6.07) is 1.43. The maximum atomic E-state index is 9.40. The monoisotopic (exact) mass is 309 g/mol. The van der Waals surface area contributed by atoms with Crippen LogP contribution in [0.25, 0.3) is 0 Å². The van der Waals surface area contributed by atoms with Crippen LogP contribution in [0.15, 0.2) is 20.2 Å². The molecular weight excluding hydrogens is 306 g/mol. The molecule has 0 atom stereocenters. The summed E-state index contributed by atoms with van der Waals surface area (Å²) >= 11 is 6.04. The Balaban J connectivity index is 3.40. The van der Waals surface area contributed by atoms with Crippen LogP contribution in [0.3, 0.4) is 0 Å². The minimum atomic E-state index is -0.182. The van der Waals surface area contributed by atoms with E-state index in [0.717, 1.165) is 6.21 Å². The molecule has 0 bridgehead atoms. The molecule has 1 aromatic rings. The average Bonchev–Trinajstić information content (AvgIpc) is 2.11. The Hall–Kier alpha value is -0.750. The summed E-state index contributed by atoms with van der Waals surface area (Å²) in [6.07, 6.45) is 1.06. The Kier molecular flexibility index (Phi) is 3.16. The Morgan fingerprint density at radius 2 is 1.85 bits per heavy atom. The molecule has 3 N–H and O–H groups in total. The smallest absolute Gasteiger partial charge is 0.147 e. The maximum absolute atomic E-state index is 9.40. The van der Waals surface area contributed by atoms with Crippen molar-refractivity contribution in [3.8, 4) is 11.5 Å². The molecule has 0 spiro atoms. The van der Waals surface area contributed by atoms with Gasteiger partial charge >= 0.3 is 0 Å². The van der Waals surface area contributed by atoms with Gasteiger partial charge in [0.2, 0.25) is 0 Å². The van der Waals surface area contributed by atoms with E-state index in [-0.39, 0.29) is 16.0 Å². The minimum absolute atomic E-state index is 0.104. The normalized spacial score (nSPS) is 10.9. The van der Waals surface area contributed by atoms with Crippen LogP contribution in [0.2, 0.25) is 0 Å². The van der Waals surface area contributed by atoms with Crippen molar-refractivity contribution in [2.24, 2.45) is 5.16 Å². The summed E-state index contributed by atoms with van der Waals surface area (Å²) in [4.78, 5) is 0. The molecule has 0 amide bonds. The highest BCUT2D eigenvalue weighted by Gasteiger charge is 2.12. The Bertz CT molecular complexity index is 365. The van der Waals surface area contributed by atoms with Gasteiger partial charge < -0.3 is 15.4 Å². The lowest BCUT2D eigenvalue weighted by Gasteiger charge is -2.05. The largest absolute Gasteiger partial charge is 0.506 e. The van der Waals surface area contributed by atoms with Crippen molar-refractivity contribution in [2.75, 3.05) is 0 Å². The highest BCUT2D eigenvalue weighted by molar-refractivity contribution is 9.11. The molecule has 4 nitrogen and oxygen atoms in total. The predicted octanol–water partition coefficient (Wildman–Crippen LogP) is 2.43. The van der Waals surface area contributed by atoms with Crippen molar-refractivity contribution >= 4 is 38.1 Å². The molecule has 0 aromatic heterocycles. The van der Waals surface area contributed by atoms with Crippen LogP contribution in [0.5, 0.6) is 11.5 Å². The second kappa shape index (κ2) is 3.97. The van der Waals surface area contributed by atoms with Crippen molar-refractivity contribution in [3.05, 3.63) is 20.6 Å². The van der Waals surface area contributed by atoms with Crippen LogP contribution >= 0.6 is 31.9 Å². The molecule has 6 heteroatoms. The van der Waals surface area contributed by atoms with Gasteiger partial charge in [0.25, 0.3) is 0 Å². The van der Waals surface area contributed by atoms with Crippen molar-refractivity contribution in [1.29, 1.82) is 0 Å². The molecular formula is C7H5Br2NO3. The summed E-state index contributed by atoms with van der Waals surface area (Å²) in [5, 5.41) is 29.8. The molecule has 0 radical (unpaired) electrons. The number of phenols is 2. The van der Waals surface area contributed by atoms with Gasteiger partial charge in [-0.3, -0.25) is 0 Å². The average molecular weight is 311 g/mol. The number of aromatic hydroxyl groups is 2. The third kappa shape index (κ3) is 1.94. The summed E-state index contributed by atoms with van der Waals surface area (Å²) < 4.78 is 0.545. The second-order valence-electron chi connectivity index (χ2n) is 2.20. The van der Waals surface area contributed by atoms with Crippen molar-refractivity contribution in [1.82, 2.24) is 0 Å². The quantitative estimate of drug-likeness (QED) is 0.424. The molecule has 0 unspecified atom stereocenters. The van der Waals surface area contributed by atoms with E-state index in [9.17, 15) is 10.2 Å². The van der Waals surface area contributed by atoms with Gasteiger partial charge in [0.05, 0.1) is 10.7 Å². The van der Waals surface area contributed by atoms with Gasteiger partial charge in [-0.1, -0.05) is 5.16 Å². The third-order valence-electron chi connectivity index (χ3n) is 1.39. The highest BCUT2D eigenvalue weighted by Crippen LogP contribution is 2.40. The topological polar surface area (TPSA) is 73.1 Å². The maximum Gasteiger partial charge on any atom is 0.147 e. The number of halogens is 2. The fourth-order valence-corrected chi connectivity index (χ4v) is 1.93. The van der Waals surface area contributed by atoms with Crippen molar-refractivity contribution < 1.29 is 15.4 Å². The van der Waals surface area contributed by atoms with Crippen LogP contribution < -0.4 is 0 Å². The first kappa shape index (κ1) is 10.3. The van der Waals surface area contributed by atoms with E-state index < -0.39 is 0 Å². The molecule has 0 saturated heterocycles.